The van der Waals surface area contributed by atoms with Gasteiger partial charge in [-0.15, -0.1) is 0 Å². The van der Waals surface area contributed by atoms with E-state index in [2.05, 4.69) is 26.2 Å². The zero-order valence-electron chi connectivity index (χ0n) is 9.64. The molecule has 0 atom stereocenters. The van der Waals surface area contributed by atoms with Crippen molar-refractivity contribution in [1.29, 1.82) is 0 Å². The van der Waals surface area contributed by atoms with Crippen molar-refractivity contribution in [1.82, 2.24) is 4.98 Å². The first-order valence-electron chi connectivity index (χ1n) is 5.28. The topological polar surface area (TPSA) is 62.2 Å². The van der Waals surface area contributed by atoms with Gasteiger partial charge in [0.15, 0.2) is 0 Å². The highest BCUT2D eigenvalue weighted by molar-refractivity contribution is 9.10. The fourth-order valence-electron chi connectivity index (χ4n) is 1.44. The minimum Gasteiger partial charge on any atom is -0.507 e. The molecule has 0 saturated heterocycles. The molecule has 0 radical (unpaired) electrons. The summed E-state index contributed by atoms with van der Waals surface area (Å²) in [5.74, 6) is -0.251. The second-order valence-corrected chi connectivity index (χ2v) is 4.67. The van der Waals surface area contributed by atoms with Crippen molar-refractivity contribution in [3.05, 3.63) is 52.3 Å². The molecular weight excluding hydrogens is 296 g/mol. The molecule has 1 heterocycles. The largest absolute Gasteiger partial charge is 0.507 e. The molecular formula is C13H11BrN2O2. The summed E-state index contributed by atoms with van der Waals surface area (Å²) in [6.07, 6.45) is 3.25. The molecule has 4 nitrogen and oxygen atoms in total. The number of benzene rings is 1. The van der Waals surface area contributed by atoms with Crippen LogP contribution in [0.5, 0.6) is 5.75 Å². The van der Waals surface area contributed by atoms with Crippen LogP contribution in [0.25, 0.3) is 0 Å². The molecule has 2 aromatic rings. The minimum atomic E-state index is -0.283. The molecule has 0 saturated carbocycles. The smallest absolute Gasteiger partial charge is 0.255 e. The van der Waals surface area contributed by atoms with Crippen LogP contribution in [0, 0.1) is 6.92 Å². The molecule has 0 aliphatic heterocycles. The molecule has 2 N–H and O–H groups in total. The van der Waals surface area contributed by atoms with Crippen molar-refractivity contribution in [2.45, 2.75) is 6.92 Å². The van der Waals surface area contributed by atoms with E-state index >= 15 is 0 Å². The number of nitrogens with one attached hydrogen (secondary N) is 1. The SMILES string of the molecule is Cc1ccncc1NC(=O)c1ccc(Br)c(O)c1. The number of aromatic nitrogens is 1. The van der Waals surface area contributed by atoms with E-state index in [1.54, 1.807) is 24.5 Å². The summed E-state index contributed by atoms with van der Waals surface area (Å²) in [5.41, 5.74) is 1.98. The molecule has 92 valence electrons. The zero-order valence-corrected chi connectivity index (χ0v) is 11.2. The predicted octanol–water partition coefficient (Wildman–Crippen LogP) is 3.11. The minimum absolute atomic E-state index is 0.0329. The summed E-state index contributed by atoms with van der Waals surface area (Å²) in [7, 11) is 0. The van der Waals surface area contributed by atoms with Crippen molar-refractivity contribution in [2.75, 3.05) is 5.32 Å². The Balaban J connectivity index is 2.22. The molecule has 5 heteroatoms. The van der Waals surface area contributed by atoms with Gasteiger partial charge in [-0.2, -0.15) is 0 Å². The molecule has 0 spiro atoms. The second-order valence-electron chi connectivity index (χ2n) is 3.81. The summed E-state index contributed by atoms with van der Waals surface area (Å²) < 4.78 is 0.552. The number of aryl methyl sites for hydroxylation is 1. The van der Waals surface area contributed by atoms with Crippen LogP contribution in [0.1, 0.15) is 15.9 Å². The molecule has 1 aromatic heterocycles. The Labute approximate surface area is 113 Å². The average Bonchev–Trinajstić information content (AvgIpc) is 2.35. The van der Waals surface area contributed by atoms with Gasteiger partial charge < -0.3 is 10.4 Å². The van der Waals surface area contributed by atoms with E-state index in [1.807, 2.05) is 13.0 Å². The standard InChI is InChI=1S/C13H11BrN2O2/c1-8-4-5-15-7-11(8)16-13(18)9-2-3-10(14)12(17)6-9/h2-7,17H,1H3,(H,16,18). The van der Waals surface area contributed by atoms with Crippen LogP contribution < -0.4 is 5.32 Å². The Morgan fingerprint density at radius 3 is 2.83 bits per heavy atom. The lowest BCUT2D eigenvalue weighted by molar-refractivity contribution is 0.102. The third-order valence-corrected chi connectivity index (χ3v) is 3.17. The maximum absolute atomic E-state index is 12.0. The lowest BCUT2D eigenvalue weighted by Crippen LogP contribution is -2.12. The van der Waals surface area contributed by atoms with Gasteiger partial charge in [-0.1, -0.05) is 0 Å². The number of carbonyl (C=O) groups is 1. The molecule has 18 heavy (non-hydrogen) atoms. The van der Waals surface area contributed by atoms with Crippen molar-refractivity contribution < 1.29 is 9.90 Å². The quantitative estimate of drug-likeness (QED) is 0.896. The summed E-state index contributed by atoms with van der Waals surface area (Å²) in [4.78, 5) is 15.9. The van der Waals surface area contributed by atoms with Crippen molar-refractivity contribution in [3.8, 4) is 5.75 Å². The number of aromatic hydroxyl groups is 1. The van der Waals surface area contributed by atoms with Gasteiger partial charge in [-0.3, -0.25) is 9.78 Å². The van der Waals surface area contributed by atoms with Crippen molar-refractivity contribution in [3.63, 3.8) is 0 Å². The van der Waals surface area contributed by atoms with Gasteiger partial charge in [-0.25, -0.2) is 0 Å². The summed E-state index contributed by atoms with van der Waals surface area (Å²) in [6.45, 7) is 1.89. The maximum atomic E-state index is 12.0. The molecule has 0 fully saturated rings. The fraction of sp³-hybridized carbons (Fsp3) is 0.0769. The summed E-state index contributed by atoms with van der Waals surface area (Å²) in [6, 6.07) is 6.48. The van der Waals surface area contributed by atoms with Crippen LogP contribution in [0.15, 0.2) is 41.1 Å². The number of amides is 1. The monoisotopic (exact) mass is 306 g/mol. The number of phenols is 1. The summed E-state index contributed by atoms with van der Waals surface area (Å²) >= 11 is 3.17. The Hall–Kier alpha value is -1.88. The van der Waals surface area contributed by atoms with E-state index in [1.165, 1.54) is 6.07 Å². The second kappa shape index (κ2) is 5.18. The molecule has 0 bridgehead atoms. The highest BCUT2D eigenvalue weighted by atomic mass is 79.9. The number of nitrogens with zero attached hydrogens (tertiary/aromatic N) is 1. The summed E-state index contributed by atoms with van der Waals surface area (Å²) in [5, 5.41) is 12.3. The van der Waals surface area contributed by atoms with E-state index in [0.29, 0.717) is 15.7 Å². The van der Waals surface area contributed by atoms with Crippen LogP contribution >= 0.6 is 15.9 Å². The highest BCUT2D eigenvalue weighted by Gasteiger charge is 2.09. The van der Waals surface area contributed by atoms with Gasteiger partial charge in [-0.05, 0) is 52.7 Å². The lowest BCUT2D eigenvalue weighted by atomic mass is 10.2. The van der Waals surface area contributed by atoms with Crippen LogP contribution in [-0.4, -0.2) is 16.0 Å². The Morgan fingerprint density at radius 2 is 2.17 bits per heavy atom. The normalized spacial score (nSPS) is 10.1. The molecule has 0 aliphatic rings. The first-order chi connectivity index (χ1) is 8.58. The number of anilines is 1. The number of carbonyl (C=O) groups excluding carboxylic acids is 1. The third-order valence-electron chi connectivity index (χ3n) is 2.50. The Kier molecular flexibility index (Phi) is 3.62. The van der Waals surface area contributed by atoms with Crippen molar-refractivity contribution >= 4 is 27.5 Å². The maximum Gasteiger partial charge on any atom is 0.255 e. The highest BCUT2D eigenvalue weighted by Crippen LogP contribution is 2.24. The zero-order chi connectivity index (χ0) is 13.1. The number of pyridine rings is 1. The van der Waals surface area contributed by atoms with Crippen molar-refractivity contribution in [2.24, 2.45) is 0 Å². The number of phenolic OH excluding ortho intramolecular Hbond substituents is 1. The first kappa shape index (κ1) is 12.6. The van der Waals surface area contributed by atoms with E-state index in [4.69, 9.17) is 0 Å². The number of halogens is 1. The van der Waals surface area contributed by atoms with E-state index in [-0.39, 0.29) is 11.7 Å². The van der Waals surface area contributed by atoms with Crippen LogP contribution in [-0.2, 0) is 0 Å². The predicted molar refractivity (Wildman–Crippen MR) is 72.7 cm³/mol. The average molecular weight is 307 g/mol. The van der Waals surface area contributed by atoms with E-state index < -0.39 is 0 Å². The van der Waals surface area contributed by atoms with Gasteiger partial charge >= 0.3 is 0 Å². The van der Waals surface area contributed by atoms with Gasteiger partial charge in [0.1, 0.15) is 5.75 Å². The molecule has 0 unspecified atom stereocenters. The molecule has 0 aliphatic carbocycles. The Bertz CT molecular complexity index is 599. The van der Waals surface area contributed by atoms with Gasteiger partial charge in [0.25, 0.3) is 5.91 Å². The Morgan fingerprint density at radius 1 is 1.39 bits per heavy atom. The third kappa shape index (κ3) is 2.68. The molecule has 2 rings (SSSR count). The first-order valence-corrected chi connectivity index (χ1v) is 6.07. The van der Waals surface area contributed by atoms with Gasteiger partial charge in [0.05, 0.1) is 16.4 Å². The van der Waals surface area contributed by atoms with E-state index in [9.17, 15) is 9.90 Å². The molecule has 1 aromatic carbocycles. The van der Waals surface area contributed by atoms with Gasteiger partial charge in [0, 0.05) is 11.8 Å². The molecule has 1 amide bonds. The number of rotatable bonds is 2. The number of hydrogen-bond donors (Lipinski definition) is 2. The number of hydrogen-bond acceptors (Lipinski definition) is 3. The van der Waals surface area contributed by atoms with Crippen LogP contribution in [0.4, 0.5) is 5.69 Å². The van der Waals surface area contributed by atoms with Gasteiger partial charge in [0.2, 0.25) is 0 Å². The van der Waals surface area contributed by atoms with Crippen LogP contribution in [0.2, 0.25) is 0 Å². The fourth-order valence-corrected chi connectivity index (χ4v) is 1.69. The van der Waals surface area contributed by atoms with E-state index in [0.717, 1.165) is 5.56 Å². The van der Waals surface area contributed by atoms with Crippen LogP contribution in [0.3, 0.4) is 0 Å². The lowest BCUT2D eigenvalue weighted by Gasteiger charge is -2.08.